The minimum Gasteiger partial charge on any atom is -0.481 e. The second kappa shape index (κ2) is 9.04. The van der Waals surface area contributed by atoms with Crippen LogP contribution in [-0.4, -0.2) is 58.3 Å². The summed E-state index contributed by atoms with van der Waals surface area (Å²) in [7, 11) is 3.19. The fourth-order valence-corrected chi connectivity index (χ4v) is 3.48. The van der Waals surface area contributed by atoms with Gasteiger partial charge in [0.05, 0.1) is 37.1 Å². The first kappa shape index (κ1) is 20.8. The Morgan fingerprint density at radius 2 is 2.17 bits per heavy atom. The largest absolute Gasteiger partial charge is 0.481 e. The lowest BCUT2D eigenvalue weighted by molar-refractivity contribution is -0.135. The van der Waals surface area contributed by atoms with E-state index in [1.54, 1.807) is 24.1 Å². The normalized spacial score (nSPS) is 21.0. The molecule has 0 spiro atoms. The van der Waals surface area contributed by atoms with Gasteiger partial charge in [0.2, 0.25) is 11.8 Å². The summed E-state index contributed by atoms with van der Waals surface area (Å²) in [6, 6.07) is 4.53. The van der Waals surface area contributed by atoms with Gasteiger partial charge in [-0.1, -0.05) is 12.1 Å². The predicted octanol–water partition coefficient (Wildman–Crippen LogP) is 1.17. The van der Waals surface area contributed by atoms with Crippen molar-refractivity contribution in [3.8, 4) is 5.88 Å². The molecule has 1 saturated carbocycles. The van der Waals surface area contributed by atoms with Crippen molar-refractivity contribution in [2.45, 2.75) is 44.9 Å². The topological polar surface area (TPSA) is 118 Å². The molecule has 0 aliphatic heterocycles. The number of carbonyl (C=O) groups is 2. The first-order chi connectivity index (χ1) is 13.9. The molecule has 1 aliphatic rings. The molecule has 2 amide bonds. The van der Waals surface area contributed by atoms with Crippen molar-refractivity contribution in [2.24, 2.45) is 5.92 Å². The van der Waals surface area contributed by atoms with E-state index in [-0.39, 0.29) is 17.7 Å². The van der Waals surface area contributed by atoms with E-state index in [0.29, 0.717) is 36.6 Å². The summed E-state index contributed by atoms with van der Waals surface area (Å²) < 4.78 is 10.2. The highest BCUT2D eigenvalue weighted by molar-refractivity contribution is 5.94. The van der Waals surface area contributed by atoms with Crippen LogP contribution in [0.4, 0.5) is 0 Å². The number of aliphatic hydroxyl groups excluding tert-OH is 1. The molecule has 2 aromatic rings. The van der Waals surface area contributed by atoms with Crippen LogP contribution in [0, 0.1) is 5.92 Å². The molecule has 0 saturated heterocycles. The maximum absolute atomic E-state index is 12.8. The van der Waals surface area contributed by atoms with Gasteiger partial charge in [0.25, 0.3) is 5.91 Å². The molecule has 0 aromatic carbocycles. The zero-order valence-electron chi connectivity index (χ0n) is 16.8. The van der Waals surface area contributed by atoms with E-state index in [1.807, 2.05) is 13.0 Å². The third-order valence-corrected chi connectivity index (χ3v) is 5.14. The zero-order chi connectivity index (χ0) is 21.0. The highest BCUT2D eigenvalue weighted by Crippen LogP contribution is 2.28. The van der Waals surface area contributed by atoms with Gasteiger partial charge >= 0.3 is 0 Å². The van der Waals surface area contributed by atoms with Crippen LogP contribution in [0.25, 0.3) is 0 Å². The molecule has 0 unspecified atom stereocenters. The number of aromatic nitrogens is 2. The summed E-state index contributed by atoms with van der Waals surface area (Å²) in [5.74, 6) is 0.214. The molecule has 1 aliphatic carbocycles. The lowest BCUT2D eigenvalue weighted by atomic mass is 10.1. The number of hydrogen-bond acceptors (Lipinski definition) is 7. The first-order valence-corrected chi connectivity index (χ1v) is 9.59. The van der Waals surface area contributed by atoms with Crippen LogP contribution in [0.2, 0.25) is 0 Å². The Hall–Kier alpha value is -2.94. The van der Waals surface area contributed by atoms with Crippen LogP contribution in [-0.2, 0) is 17.8 Å². The van der Waals surface area contributed by atoms with Crippen molar-refractivity contribution in [3.63, 3.8) is 0 Å². The number of amides is 2. The SMILES string of the molecule is CCc1cc(CN(C)C(=O)[C@@H]2C[C@@H](O)[C@H](NC(=O)c3ccc(OC)nc3)C2)on1. The van der Waals surface area contributed by atoms with Crippen molar-refractivity contribution in [3.05, 3.63) is 41.4 Å². The van der Waals surface area contributed by atoms with Gasteiger partial charge in [-0.15, -0.1) is 0 Å². The quantitative estimate of drug-likeness (QED) is 0.714. The summed E-state index contributed by atoms with van der Waals surface area (Å²) in [5.41, 5.74) is 1.20. The molecular weight excluding hydrogens is 376 g/mol. The summed E-state index contributed by atoms with van der Waals surface area (Å²) in [5, 5.41) is 17.1. The van der Waals surface area contributed by atoms with Crippen LogP contribution >= 0.6 is 0 Å². The number of nitrogens with zero attached hydrogens (tertiary/aromatic N) is 3. The lowest BCUT2D eigenvalue weighted by Crippen LogP contribution is -2.40. The second-order valence-corrected chi connectivity index (χ2v) is 7.24. The zero-order valence-corrected chi connectivity index (χ0v) is 16.8. The Morgan fingerprint density at radius 1 is 1.38 bits per heavy atom. The predicted molar refractivity (Wildman–Crippen MR) is 103 cm³/mol. The number of ether oxygens (including phenoxy) is 1. The van der Waals surface area contributed by atoms with Gasteiger partial charge in [0.15, 0.2) is 5.76 Å². The van der Waals surface area contributed by atoms with Crippen molar-refractivity contribution in [1.29, 1.82) is 0 Å². The van der Waals surface area contributed by atoms with Gasteiger partial charge in [-0.25, -0.2) is 4.98 Å². The highest BCUT2D eigenvalue weighted by atomic mass is 16.5. The maximum atomic E-state index is 12.8. The Labute approximate surface area is 169 Å². The molecule has 29 heavy (non-hydrogen) atoms. The molecule has 3 atom stereocenters. The smallest absolute Gasteiger partial charge is 0.253 e. The van der Waals surface area contributed by atoms with Gasteiger partial charge in [0, 0.05) is 31.3 Å². The number of nitrogens with one attached hydrogen (secondary N) is 1. The molecule has 0 bridgehead atoms. The van der Waals surface area contributed by atoms with Crippen LogP contribution in [0.15, 0.2) is 28.9 Å². The molecule has 0 radical (unpaired) electrons. The Balaban J connectivity index is 1.56. The third-order valence-electron chi connectivity index (χ3n) is 5.14. The summed E-state index contributed by atoms with van der Waals surface area (Å²) in [4.78, 5) is 30.7. The standard InChI is InChI=1S/C20H26N4O5/c1-4-14-9-15(29-23-14)11-24(2)20(27)13-7-16(17(25)8-13)22-19(26)12-5-6-18(28-3)21-10-12/h5-6,9-10,13,16-17,25H,4,7-8,11H2,1-3H3,(H,22,26)/t13-,16+,17+/m0/s1. The Morgan fingerprint density at radius 3 is 2.79 bits per heavy atom. The van der Waals surface area contributed by atoms with E-state index >= 15 is 0 Å². The highest BCUT2D eigenvalue weighted by Gasteiger charge is 2.39. The lowest BCUT2D eigenvalue weighted by Gasteiger charge is -2.20. The Bertz CT molecular complexity index is 851. The number of rotatable bonds is 7. The van der Waals surface area contributed by atoms with Gasteiger partial charge < -0.3 is 24.6 Å². The average Bonchev–Trinajstić information content (AvgIpc) is 3.33. The molecule has 3 rings (SSSR count). The minimum atomic E-state index is -0.788. The number of aryl methyl sites for hydroxylation is 1. The number of hydrogen-bond donors (Lipinski definition) is 2. The summed E-state index contributed by atoms with van der Waals surface area (Å²) in [6.07, 6.45) is 2.06. The van der Waals surface area contributed by atoms with Crippen molar-refractivity contribution >= 4 is 11.8 Å². The maximum Gasteiger partial charge on any atom is 0.253 e. The first-order valence-electron chi connectivity index (χ1n) is 9.59. The molecule has 1 fully saturated rings. The average molecular weight is 402 g/mol. The van der Waals surface area contributed by atoms with Gasteiger partial charge in [-0.2, -0.15) is 0 Å². The molecule has 9 nitrogen and oxygen atoms in total. The fourth-order valence-electron chi connectivity index (χ4n) is 3.48. The van der Waals surface area contributed by atoms with Crippen LogP contribution in [0.1, 0.15) is 41.6 Å². The van der Waals surface area contributed by atoms with Crippen molar-refractivity contribution < 1.29 is 24.0 Å². The van der Waals surface area contributed by atoms with Crippen LogP contribution in [0.5, 0.6) is 5.88 Å². The molecule has 2 aromatic heterocycles. The van der Waals surface area contributed by atoms with Gasteiger partial charge in [-0.3, -0.25) is 9.59 Å². The number of methoxy groups -OCH3 is 1. The van der Waals surface area contributed by atoms with E-state index in [0.717, 1.165) is 12.1 Å². The van der Waals surface area contributed by atoms with Crippen LogP contribution < -0.4 is 10.1 Å². The van der Waals surface area contributed by atoms with Gasteiger partial charge in [-0.05, 0) is 25.3 Å². The second-order valence-electron chi connectivity index (χ2n) is 7.24. The van der Waals surface area contributed by atoms with Crippen molar-refractivity contribution in [1.82, 2.24) is 20.4 Å². The summed E-state index contributed by atoms with van der Waals surface area (Å²) in [6.45, 7) is 2.29. The van der Waals surface area contributed by atoms with E-state index in [1.165, 1.54) is 13.3 Å². The number of carbonyl (C=O) groups excluding carboxylic acids is 2. The molecule has 156 valence electrons. The van der Waals surface area contributed by atoms with E-state index in [4.69, 9.17) is 9.26 Å². The molecule has 9 heteroatoms. The minimum absolute atomic E-state index is 0.0960. The summed E-state index contributed by atoms with van der Waals surface area (Å²) >= 11 is 0. The van der Waals surface area contributed by atoms with E-state index < -0.39 is 12.1 Å². The van der Waals surface area contributed by atoms with Crippen molar-refractivity contribution in [2.75, 3.05) is 14.2 Å². The third kappa shape index (κ3) is 4.92. The molecular formula is C20H26N4O5. The monoisotopic (exact) mass is 402 g/mol. The molecule has 2 heterocycles. The molecule has 2 N–H and O–H groups in total. The van der Waals surface area contributed by atoms with E-state index in [2.05, 4.69) is 15.5 Å². The van der Waals surface area contributed by atoms with E-state index in [9.17, 15) is 14.7 Å². The Kier molecular flexibility index (Phi) is 6.48. The number of pyridine rings is 1. The van der Waals surface area contributed by atoms with Gasteiger partial charge in [0.1, 0.15) is 0 Å². The van der Waals surface area contributed by atoms with Crippen LogP contribution in [0.3, 0.4) is 0 Å². The number of aliphatic hydroxyl groups is 1. The fraction of sp³-hybridized carbons (Fsp3) is 0.500.